The number of rotatable bonds is 4. The maximum absolute atomic E-state index is 10.1. The lowest BCUT2D eigenvalue weighted by Crippen LogP contribution is -2.45. The van der Waals surface area contributed by atoms with Crippen LogP contribution in [-0.2, 0) is 0 Å². The molecule has 0 aliphatic carbocycles. The summed E-state index contributed by atoms with van der Waals surface area (Å²) in [6, 6.07) is 5.73. The van der Waals surface area contributed by atoms with Crippen LogP contribution < -0.4 is 10.1 Å². The van der Waals surface area contributed by atoms with Crippen molar-refractivity contribution in [2.45, 2.75) is 19.4 Å². The van der Waals surface area contributed by atoms with E-state index in [-0.39, 0.29) is 6.04 Å². The first-order valence-electron chi connectivity index (χ1n) is 6.58. The van der Waals surface area contributed by atoms with Gasteiger partial charge in [0.2, 0.25) is 0 Å². The Morgan fingerprint density at radius 3 is 2.72 bits per heavy atom. The number of nitrogens with zero attached hydrogens (tertiary/aromatic N) is 1. The van der Waals surface area contributed by atoms with E-state index in [1.807, 2.05) is 6.07 Å². The Morgan fingerprint density at radius 1 is 1.39 bits per heavy atom. The molecule has 1 atom stereocenters. The minimum absolute atomic E-state index is 0.266. The lowest BCUT2D eigenvalue weighted by atomic mass is 10.0. The molecule has 0 unspecified atom stereocenters. The predicted octanol–water partition coefficient (Wildman–Crippen LogP) is 1.76. The van der Waals surface area contributed by atoms with Crippen molar-refractivity contribution in [3.05, 3.63) is 23.8 Å². The molecular weight excluding hydrogens is 228 g/mol. The molecule has 18 heavy (non-hydrogen) atoms. The van der Waals surface area contributed by atoms with E-state index >= 15 is 0 Å². The van der Waals surface area contributed by atoms with Crippen molar-refractivity contribution < 1.29 is 9.84 Å². The fourth-order valence-electron chi connectivity index (χ4n) is 2.60. The van der Waals surface area contributed by atoms with Gasteiger partial charge in [0.15, 0.2) is 0 Å². The van der Waals surface area contributed by atoms with Crippen molar-refractivity contribution in [2.75, 3.05) is 33.3 Å². The molecule has 0 spiro atoms. The third kappa shape index (κ3) is 2.76. The maximum Gasteiger partial charge on any atom is 0.120 e. The average Bonchev–Trinajstić information content (AvgIpc) is 2.43. The molecule has 100 valence electrons. The molecule has 1 aromatic carbocycles. The van der Waals surface area contributed by atoms with E-state index < -0.39 is 0 Å². The van der Waals surface area contributed by atoms with Crippen LogP contribution in [0.3, 0.4) is 0 Å². The Hall–Kier alpha value is -1.26. The normalized spacial score (nSPS) is 18.6. The van der Waals surface area contributed by atoms with Crippen LogP contribution in [0.15, 0.2) is 18.2 Å². The molecule has 1 aliphatic rings. The number of methoxy groups -OCH3 is 1. The van der Waals surface area contributed by atoms with E-state index in [9.17, 15) is 5.11 Å². The van der Waals surface area contributed by atoms with Crippen molar-refractivity contribution >= 4 is 0 Å². The summed E-state index contributed by atoms with van der Waals surface area (Å²) in [5.41, 5.74) is 0.971. The van der Waals surface area contributed by atoms with E-state index in [1.165, 1.54) is 0 Å². The number of hydrogen-bond acceptors (Lipinski definition) is 4. The van der Waals surface area contributed by atoms with E-state index in [0.717, 1.165) is 43.9 Å². The highest BCUT2D eigenvalue weighted by Crippen LogP contribution is 2.33. The first kappa shape index (κ1) is 13.2. The lowest BCUT2D eigenvalue weighted by molar-refractivity contribution is 0.166. The molecular formula is C14H22N2O2. The van der Waals surface area contributed by atoms with Crippen LogP contribution in [0.5, 0.6) is 11.5 Å². The Kier molecular flexibility index (Phi) is 4.44. The molecule has 0 amide bonds. The molecule has 0 aromatic heterocycles. The average molecular weight is 250 g/mol. The summed E-state index contributed by atoms with van der Waals surface area (Å²) in [4.78, 5) is 2.42. The van der Waals surface area contributed by atoms with Crippen LogP contribution in [0.2, 0.25) is 0 Å². The van der Waals surface area contributed by atoms with Crippen LogP contribution in [0.1, 0.15) is 24.9 Å². The number of piperazine rings is 1. The Balaban J connectivity index is 2.25. The molecule has 4 nitrogen and oxygen atoms in total. The second-order valence-electron chi connectivity index (χ2n) is 4.63. The first-order valence-corrected chi connectivity index (χ1v) is 6.58. The van der Waals surface area contributed by atoms with Gasteiger partial charge in [0.05, 0.1) is 7.11 Å². The van der Waals surface area contributed by atoms with Crippen LogP contribution >= 0.6 is 0 Å². The molecule has 1 aliphatic heterocycles. The van der Waals surface area contributed by atoms with E-state index in [4.69, 9.17) is 4.74 Å². The number of phenolic OH excluding ortho intramolecular Hbond substituents is 1. The van der Waals surface area contributed by atoms with E-state index in [0.29, 0.717) is 5.75 Å². The van der Waals surface area contributed by atoms with Crippen molar-refractivity contribution in [3.8, 4) is 11.5 Å². The number of nitrogens with one attached hydrogen (secondary N) is 1. The molecule has 0 saturated carbocycles. The minimum atomic E-state index is 0.266. The number of benzene rings is 1. The fourth-order valence-corrected chi connectivity index (χ4v) is 2.60. The van der Waals surface area contributed by atoms with Crippen LogP contribution in [0, 0.1) is 0 Å². The van der Waals surface area contributed by atoms with E-state index in [1.54, 1.807) is 19.2 Å². The molecule has 2 rings (SSSR count). The van der Waals surface area contributed by atoms with Gasteiger partial charge in [-0.15, -0.1) is 0 Å². The predicted molar refractivity (Wildman–Crippen MR) is 72.1 cm³/mol. The zero-order valence-corrected chi connectivity index (χ0v) is 11.1. The molecule has 1 heterocycles. The molecule has 1 fully saturated rings. The Morgan fingerprint density at radius 2 is 2.11 bits per heavy atom. The van der Waals surface area contributed by atoms with Gasteiger partial charge < -0.3 is 15.2 Å². The Labute approximate surface area is 109 Å². The topological polar surface area (TPSA) is 44.7 Å². The van der Waals surface area contributed by atoms with Crippen molar-refractivity contribution in [3.63, 3.8) is 0 Å². The zero-order valence-electron chi connectivity index (χ0n) is 11.1. The van der Waals surface area contributed by atoms with Crippen molar-refractivity contribution in [2.24, 2.45) is 0 Å². The summed E-state index contributed by atoms with van der Waals surface area (Å²) in [6.45, 7) is 6.23. The van der Waals surface area contributed by atoms with Crippen molar-refractivity contribution in [1.82, 2.24) is 10.2 Å². The van der Waals surface area contributed by atoms with Crippen molar-refractivity contribution in [1.29, 1.82) is 0 Å². The summed E-state index contributed by atoms with van der Waals surface area (Å²) in [5, 5.41) is 13.4. The summed E-state index contributed by atoms with van der Waals surface area (Å²) in [6.07, 6.45) is 0.987. The number of phenols is 1. The van der Waals surface area contributed by atoms with E-state index in [2.05, 4.69) is 17.1 Å². The van der Waals surface area contributed by atoms with Gasteiger partial charge in [-0.2, -0.15) is 0 Å². The Bertz CT molecular complexity index is 389. The highest BCUT2D eigenvalue weighted by Gasteiger charge is 2.23. The van der Waals surface area contributed by atoms with Gasteiger partial charge in [-0.3, -0.25) is 4.90 Å². The number of ether oxygens (including phenoxy) is 1. The molecule has 0 radical (unpaired) electrons. The summed E-state index contributed by atoms with van der Waals surface area (Å²) in [5.74, 6) is 1.16. The quantitative estimate of drug-likeness (QED) is 0.854. The fraction of sp³-hybridized carbons (Fsp3) is 0.571. The minimum Gasteiger partial charge on any atom is -0.508 e. The van der Waals surface area contributed by atoms with Crippen LogP contribution in [0.4, 0.5) is 0 Å². The van der Waals surface area contributed by atoms with Gasteiger partial charge in [-0.05, 0) is 24.6 Å². The second-order valence-corrected chi connectivity index (χ2v) is 4.63. The van der Waals surface area contributed by atoms with Crippen LogP contribution in [0.25, 0.3) is 0 Å². The highest BCUT2D eigenvalue weighted by atomic mass is 16.5. The van der Waals surface area contributed by atoms with Crippen LogP contribution in [-0.4, -0.2) is 43.3 Å². The smallest absolute Gasteiger partial charge is 0.120 e. The maximum atomic E-state index is 10.1. The van der Waals surface area contributed by atoms with Gasteiger partial charge in [0, 0.05) is 37.8 Å². The molecule has 0 bridgehead atoms. The second kappa shape index (κ2) is 6.07. The van der Waals surface area contributed by atoms with Gasteiger partial charge in [0.1, 0.15) is 11.5 Å². The molecule has 4 heteroatoms. The SMILES string of the molecule is CC[C@@H](c1cc(OC)ccc1O)N1CCNCC1. The summed E-state index contributed by atoms with van der Waals surface area (Å²) >= 11 is 0. The van der Waals surface area contributed by atoms with Gasteiger partial charge in [-0.1, -0.05) is 6.92 Å². The number of aromatic hydroxyl groups is 1. The first-order chi connectivity index (χ1) is 8.76. The third-order valence-electron chi connectivity index (χ3n) is 3.57. The third-order valence-corrected chi connectivity index (χ3v) is 3.57. The molecule has 1 aromatic rings. The zero-order chi connectivity index (χ0) is 13.0. The van der Waals surface area contributed by atoms with Gasteiger partial charge in [-0.25, -0.2) is 0 Å². The standard InChI is InChI=1S/C14H22N2O2/c1-3-13(16-8-6-15-7-9-16)12-10-11(18-2)4-5-14(12)17/h4-5,10,13,15,17H,3,6-9H2,1-2H3/t13-/m0/s1. The molecule has 1 saturated heterocycles. The highest BCUT2D eigenvalue weighted by molar-refractivity contribution is 5.41. The lowest BCUT2D eigenvalue weighted by Gasteiger charge is -2.35. The summed E-state index contributed by atoms with van der Waals surface area (Å²) < 4.78 is 5.25. The monoisotopic (exact) mass is 250 g/mol. The molecule has 2 N–H and O–H groups in total. The van der Waals surface area contributed by atoms with Gasteiger partial charge >= 0.3 is 0 Å². The number of hydrogen-bond donors (Lipinski definition) is 2. The largest absolute Gasteiger partial charge is 0.508 e. The summed E-state index contributed by atoms with van der Waals surface area (Å²) in [7, 11) is 1.65. The van der Waals surface area contributed by atoms with Gasteiger partial charge in [0.25, 0.3) is 0 Å².